The summed E-state index contributed by atoms with van der Waals surface area (Å²) in [6, 6.07) is 10.1. The minimum absolute atomic E-state index is 0.676. The summed E-state index contributed by atoms with van der Waals surface area (Å²) in [7, 11) is 0. The van der Waals surface area contributed by atoms with E-state index in [1.165, 1.54) is 0 Å². The van der Waals surface area contributed by atoms with E-state index in [2.05, 4.69) is 26.4 Å². The van der Waals surface area contributed by atoms with Crippen LogP contribution in [0.5, 0.6) is 0 Å². The Morgan fingerprint density at radius 3 is 2.70 bits per heavy atom. The molecule has 0 aliphatic heterocycles. The number of rotatable bonds is 4. The smallest absolute Gasteiger partial charge is 0.147 e. The Bertz CT molecular complexity index is 691. The zero-order valence-corrected chi connectivity index (χ0v) is 11.2. The molecule has 0 radical (unpaired) electrons. The molecule has 20 heavy (non-hydrogen) atoms. The SMILES string of the molecule is Cc1nccnc1NCc1ccccc1-n1cccn1. The van der Waals surface area contributed by atoms with Gasteiger partial charge in [-0.05, 0) is 24.6 Å². The molecule has 1 N–H and O–H groups in total. The summed E-state index contributed by atoms with van der Waals surface area (Å²) >= 11 is 0. The van der Waals surface area contributed by atoms with Crippen molar-refractivity contribution < 1.29 is 0 Å². The quantitative estimate of drug-likeness (QED) is 0.787. The highest BCUT2D eigenvalue weighted by Crippen LogP contribution is 2.15. The first-order chi connectivity index (χ1) is 9.84. The molecule has 0 aliphatic rings. The Labute approximate surface area is 117 Å². The third-order valence-electron chi connectivity index (χ3n) is 3.07. The number of nitrogens with one attached hydrogen (secondary N) is 1. The van der Waals surface area contributed by atoms with Crippen molar-refractivity contribution in [1.82, 2.24) is 19.7 Å². The Morgan fingerprint density at radius 2 is 1.90 bits per heavy atom. The lowest BCUT2D eigenvalue weighted by molar-refractivity contribution is 0.863. The van der Waals surface area contributed by atoms with Gasteiger partial charge in [-0.25, -0.2) is 9.67 Å². The van der Waals surface area contributed by atoms with Crippen LogP contribution in [0.3, 0.4) is 0 Å². The largest absolute Gasteiger partial charge is 0.364 e. The average molecular weight is 265 g/mol. The predicted molar refractivity (Wildman–Crippen MR) is 77.7 cm³/mol. The summed E-state index contributed by atoms with van der Waals surface area (Å²) < 4.78 is 1.86. The van der Waals surface area contributed by atoms with Crippen LogP contribution in [0.25, 0.3) is 5.69 Å². The molecule has 0 saturated carbocycles. The van der Waals surface area contributed by atoms with Crippen LogP contribution in [0.15, 0.2) is 55.1 Å². The third-order valence-corrected chi connectivity index (χ3v) is 3.07. The van der Waals surface area contributed by atoms with Crippen molar-refractivity contribution in [3.05, 3.63) is 66.4 Å². The highest BCUT2D eigenvalue weighted by atomic mass is 15.3. The van der Waals surface area contributed by atoms with E-state index in [9.17, 15) is 0 Å². The van der Waals surface area contributed by atoms with E-state index in [-0.39, 0.29) is 0 Å². The molecular weight excluding hydrogens is 250 g/mol. The van der Waals surface area contributed by atoms with E-state index < -0.39 is 0 Å². The van der Waals surface area contributed by atoms with Crippen LogP contribution in [0.4, 0.5) is 5.82 Å². The molecule has 0 spiro atoms. The number of hydrogen-bond acceptors (Lipinski definition) is 4. The number of nitrogens with zero attached hydrogens (tertiary/aromatic N) is 4. The molecule has 5 nitrogen and oxygen atoms in total. The van der Waals surface area contributed by atoms with Gasteiger partial charge < -0.3 is 5.32 Å². The monoisotopic (exact) mass is 265 g/mol. The van der Waals surface area contributed by atoms with Gasteiger partial charge in [0.05, 0.1) is 11.4 Å². The first kappa shape index (κ1) is 12.3. The van der Waals surface area contributed by atoms with Crippen LogP contribution in [-0.4, -0.2) is 19.7 Å². The number of para-hydroxylation sites is 1. The maximum atomic E-state index is 4.29. The van der Waals surface area contributed by atoms with Crippen molar-refractivity contribution in [2.75, 3.05) is 5.32 Å². The fourth-order valence-electron chi connectivity index (χ4n) is 2.06. The van der Waals surface area contributed by atoms with E-state index in [0.717, 1.165) is 22.8 Å². The second-order valence-corrected chi connectivity index (χ2v) is 4.42. The van der Waals surface area contributed by atoms with Crippen LogP contribution in [0, 0.1) is 6.92 Å². The maximum Gasteiger partial charge on any atom is 0.147 e. The van der Waals surface area contributed by atoms with E-state index in [1.807, 2.05) is 42.1 Å². The molecular formula is C15H15N5. The van der Waals surface area contributed by atoms with Crippen LogP contribution in [-0.2, 0) is 6.54 Å². The van der Waals surface area contributed by atoms with Gasteiger partial charge in [-0.2, -0.15) is 5.10 Å². The molecule has 2 heterocycles. The molecule has 100 valence electrons. The van der Waals surface area contributed by atoms with Crippen molar-refractivity contribution in [3.8, 4) is 5.69 Å². The number of benzene rings is 1. The van der Waals surface area contributed by atoms with Crippen LogP contribution in [0.2, 0.25) is 0 Å². The Morgan fingerprint density at radius 1 is 1.05 bits per heavy atom. The number of hydrogen-bond donors (Lipinski definition) is 1. The Balaban J connectivity index is 1.84. The molecule has 5 heteroatoms. The van der Waals surface area contributed by atoms with Gasteiger partial charge in [-0.15, -0.1) is 0 Å². The molecule has 0 aliphatic carbocycles. The highest BCUT2D eigenvalue weighted by molar-refractivity contribution is 5.45. The summed E-state index contributed by atoms with van der Waals surface area (Å²) in [4.78, 5) is 8.51. The zero-order valence-electron chi connectivity index (χ0n) is 11.2. The van der Waals surface area contributed by atoms with Crippen molar-refractivity contribution >= 4 is 5.82 Å². The summed E-state index contributed by atoms with van der Waals surface area (Å²) in [5, 5.41) is 7.60. The molecule has 0 atom stereocenters. The summed E-state index contributed by atoms with van der Waals surface area (Å²) in [6.07, 6.45) is 7.09. The van der Waals surface area contributed by atoms with E-state index in [4.69, 9.17) is 0 Å². The molecule has 2 aromatic heterocycles. The lowest BCUT2D eigenvalue weighted by Crippen LogP contribution is -2.07. The molecule has 3 rings (SSSR count). The van der Waals surface area contributed by atoms with Crippen molar-refractivity contribution in [1.29, 1.82) is 0 Å². The normalized spacial score (nSPS) is 10.4. The van der Waals surface area contributed by atoms with Crippen LogP contribution >= 0.6 is 0 Å². The van der Waals surface area contributed by atoms with E-state index in [0.29, 0.717) is 6.54 Å². The van der Waals surface area contributed by atoms with Gasteiger partial charge in [0.1, 0.15) is 5.82 Å². The first-order valence-electron chi connectivity index (χ1n) is 6.44. The standard InChI is InChI=1S/C15H15N5/c1-12-15(17-9-8-16-12)18-11-13-5-2-3-6-14(13)20-10-4-7-19-20/h2-10H,11H2,1H3,(H,17,18). The molecule has 0 bridgehead atoms. The molecule has 0 saturated heterocycles. The predicted octanol–water partition coefficient (Wildman–Crippen LogP) is 2.58. The molecule has 0 fully saturated rings. The van der Waals surface area contributed by atoms with Gasteiger partial charge in [-0.1, -0.05) is 18.2 Å². The second kappa shape index (κ2) is 5.52. The van der Waals surface area contributed by atoms with Crippen LogP contribution < -0.4 is 5.32 Å². The van der Waals surface area contributed by atoms with Crippen molar-refractivity contribution in [2.24, 2.45) is 0 Å². The lowest BCUT2D eigenvalue weighted by Gasteiger charge is -2.11. The highest BCUT2D eigenvalue weighted by Gasteiger charge is 2.05. The number of aryl methyl sites for hydroxylation is 1. The van der Waals surface area contributed by atoms with Crippen molar-refractivity contribution in [2.45, 2.75) is 13.5 Å². The van der Waals surface area contributed by atoms with Gasteiger partial charge >= 0.3 is 0 Å². The summed E-state index contributed by atoms with van der Waals surface area (Å²) in [5.41, 5.74) is 3.11. The Kier molecular flexibility index (Phi) is 3.41. The van der Waals surface area contributed by atoms with Crippen molar-refractivity contribution in [3.63, 3.8) is 0 Å². The minimum atomic E-state index is 0.676. The van der Waals surface area contributed by atoms with E-state index >= 15 is 0 Å². The summed E-state index contributed by atoms with van der Waals surface area (Å²) in [5.74, 6) is 0.808. The van der Waals surface area contributed by atoms with Gasteiger partial charge in [0.25, 0.3) is 0 Å². The molecule has 3 aromatic rings. The van der Waals surface area contributed by atoms with E-state index in [1.54, 1.807) is 18.6 Å². The Hall–Kier alpha value is -2.69. The lowest BCUT2D eigenvalue weighted by atomic mass is 10.2. The maximum absolute atomic E-state index is 4.29. The first-order valence-corrected chi connectivity index (χ1v) is 6.44. The average Bonchev–Trinajstić information content (AvgIpc) is 3.01. The van der Waals surface area contributed by atoms with Gasteiger partial charge in [-0.3, -0.25) is 4.98 Å². The molecule has 0 amide bonds. The fraction of sp³-hybridized carbons (Fsp3) is 0.133. The van der Waals surface area contributed by atoms with Gasteiger partial charge in [0.15, 0.2) is 0 Å². The molecule has 1 aromatic carbocycles. The van der Waals surface area contributed by atoms with Gasteiger partial charge in [0.2, 0.25) is 0 Å². The molecule has 0 unspecified atom stereocenters. The fourth-order valence-corrected chi connectivity index (χ4v) is 2.06. The van der Waals surface area contributed by atoms with Crippen LogP contribution in [0.1, 0.15) is 11.3 Å². The number of aromatic nitrogens is 4. The zero-order chi connectivity index (χ0) is 13.8. The minimum Gasteiger partial charge on any atom is -0.364 e. The third kappa shape index (κ3) is 2.51. The van der Waals surface area contributed by atoms with Gasteiger partial charge in [0, 0.05) is 31.3 Å². The topological polar surface area (TPSA) is 55.6 Å². The number of anilines is 1. The summed E-state index contributed by atoms with van der Waals surface area (Å²) in [6.45, 7) is 2.62. The second-order valence-electron chi connectivity index (χ2n) is 4.42.